The quantitative estimate of drug-likeness (QED) is 0.0784. The Morgan fingerprint density at radius 1 is 0.600 bits per heavy atom. The highest BCUT2D eigenvalue weighted by molar-refractivity contribution is 7.61. The van der Waals surface area contributed by atoms with Crippen LogP contribution in [0.4, 0.5) is 0 Å². The molecule has 0 aromatic carbocycles. The molecule has 0 bridgehead atoms. The Bertz CT molecular complexity index is 705. The lowest BCUT2D eigenvalue weighted by molar-refractivity contribution is -0.139. The third kappa shape index (κ3) is 20.6. The van der Waals surface area contributed by atoms with Crippen LogP contribution in [0.2, 0.25) is 0 Å². The lowest BCUT2D eigenvalue weighted by Gasteiger charge is -2.16. The molecule has 0 amide bonds. The van der Waals surface area contributed by atoms with Gasteiger partial charge in [-0.25, -0.2) is 18.7 Å². The van der Waals surface area contributed by atoms with Gasteiger partial charge < -0.3 is 19.3 Å². The van der Waals surface area contributed by atoms with E-state index in [-0.39, 0.29) is 13.2 Å². The number of carbonyl (C=O) groups excluding carboxylic acids is 2. The number of ether oxygens (including phenoxy) is 2. The van der Waals surface area contributed by atoms with Gasteiger partial charge >= 0.3 is 27.6 Å². The molecule has 0 radical (unpaired) electrons. The van der Waals surface area contributed by atoms with Gasteiger partial charge in [-0.15, -0.1) is 0 Å². The summed E-state index contributed by atoms with van der Waals surface area (Å²) in [5.74, 6) is -0.837. The zero-order valence-electron chi connectivity index (χ0n) is 20.8. The van der Waals surface area contributed by atoms with Crippen molar-refractivity contribution >= 4 is 27.6 Å². The molecule has 0 rings (SSSR count). The number of esters is 2. The van der Waals surface area contributed by atoms with Crippen molar-refractivity contribution in [3.8, 4) is 0 Å². The van der Waals surface area contributed by atoms with E-state index in [1.54, 1.807) is 13.8 Å². The molecule has 0 aliphatic rings. The number of hydrogen-bond donors (Lipinski definition) is 2. The second-order valence-electron chi connectivity index (χ2n) is 8.05. The summed E-state index contributed by atoms with van der Waals surface area (Å²) in [7, 11) is -9.48. The molecule has 11 nitrogen and oxygen atoms in total. The molecule has 2 N–H and O–H groups in total. The minimum Gasteiger partial charge on any atom is -0.462 e. The Balaban J connectivity index is 3.78. The predicted molar refractivity (Wildman–Crippen MR) is 130 cm³/mol. The fourth-order valence-corrected chi connectivity index (χ4v) is 4.72. The first-order valence-electron chi connectivity index (χ1n) is 11.7. The molecule has 0 saturated heterocycles. The topological polar surface area (TPSA) is 155 Å². The third-order valence-electron chi connectivity index (χ3n) is 4.46. The largest absolute Gasteiger partial charge is 0.481 e. The first-order chi connectivity index (χ1) is 16.4. The van der Waals surface area contributed by atoms with Crippen molar-refractivity contribution in [2.45, 2.75) is 78.1 Å². The maximum atomic E-state index is 11.8. The summed E-state index contributed by atoms with van der Waals surface area (Å²) in [4.78, 5) is 41.7. The van der Waals surface area contributed by atoms with Crippen LogP contribution in [0.3, 0.4) is 0 Å². The van der Waals surface area contributed by atoms with Gasteiger partial charge in [-0.1, -0.05) is 51.7 Å². The summed E-state index contributed by atoms with van der Waals surface area (Å²) in [6.07, 6.45) is 6.87. The zero-order valence-corrected chi connectivity index (χ0v) is 22.6. The van der Waals surface area contributed by atoms with Crippen molar-refractivity contribution in [2.24, 2.45) is 0 Å². The maximum absolute atomic E-state index is 11.8. The minimum atomic E-state index is -4.74. The highest BCUT2D eigenvalue weighted by Gasteiger charge is 2.34. The van der Waals surface area contributed by atoms with Crippen LogP contribution >= 0.6 is 15.6 Å². The first kappa shape index (κ1) is 33.7. The van der Waals surface area contributed by atoms with E-state index in [0.717, 1.165) is 25.7 Å². The van der Waals surface area contributed by atoms with Crippen LogP contribution in [0.5, 0.6) is 0 Å². The maximum Gasteiger partial charge on any atom is 0.481 e. The summed E-state index contributed by atoms with van der Waals surface area (Å²) in [6.45, 7) is 10.5. The SMILES string of the molecule is C=C(C)C(=O)OCCCCCCCOP(=O)(O)OP(=O)(O)OCCCCCCCOC(=O)C(=C)C. The summed E-state index contributed by atoms with van der Waals surface area (Å²) in [5, 5.41) is 0. The van der Waals surface area contributed by atoms with E-state index in [1.165, 1.54) is 0 Å². The van der Waals surface area contributed by atoms with Crippen LogP contribution in [0.15, 0.2) is 24.3 Å². The second-order valence-corrected chi connectivity index (χ2v) is 11.1. The Morgan fingerprint density at radius 3 is 1.20 bits per heavy atom. The molecule has 0 aliphatic carbocycles. The molecule has 0 saturated carbocycles. The molecular formula is C22H40O11P2. The molecule has 204 valence electrons. The van der Waals surface area contributed by atoms with Gasteiger partial charge in [0.1, 0.15) is 0 Å². The predicted octanol–water partition coefficient (Wildman–Crippen LogP) is 5.38. The molecule has 0 aromatic heterocycles. The average molecular weight is 542 g/mol. The van der Waals surface area contributed by atoms with Crippen LogP contribution in [0.25, 0.3) is 0 Å². The Labute approximate surface area is 208 Å². The lowest BCUT2D eigenvalue weighted by atomic mass is 10.1. The van der Waals surface area contributed by atoms with Gasteiger partial charge in [-0.3, -0.25) is 9.05 Å². The van der Waals surface area contributed by atoms with Crippen LogP contribution in [0.1, 0.15) is 78.1 Å². The number of phosphoric ester groups is 2. The van der Waals surface area contributed by atoms with Gasteiger partial charge in [0, 0.05) is 11.1 Å². The molecule has 0 aromatic rings. The van der Waals surface area contributed by atoms with Crippen molar-refractivity contribution in [2.75, 3.05) is 26.4 Å². The van der Waals surface area contributed by atoms with Crippen molar-refractivity contribution in [1.82, 2.24) is 0 Å². The van der Waals surface area contributed by atoms with Gasteiger partial charge in [0.05, 0.1) is 26.4 Å². The highest BCUT2D eigenvalue weighted by atomic mass is 31.3. The molecule has 2 atom stereocenters. The normalized spacial score (nSPS) is 14.5. The number of hydrogen-bond acceptors (Lipinski definition) is 9. The van der Waals surface area contributed by atoms with Gasteiger partial charge in [-0.05, 0) is 39.5 Å². The van der Waals surface area contributed by atoms with Crippen molar-refractivity contribution in [3.05, 3.63) is 24.3 Å². The third-order valence-corrected chi connectivity index (χ3v) is 7.12. The molecule has 0 aliphatic heterocycles. The van der Waals surface area contributed by atoms with E-state index in [4.69, 9.17) is 18.5 Å². The molecule has 0 spiro atoms. The fraction of sp³-hybridized carbons (Fsp3) is 0.727. The van der Waals surface area contributed by atoms with Crippen molar-refractivity contribution in [1.29, 1.82) is 0 Å². The van der Waals surface area contributed by atoms with Crippen LogP contribution < -0.4 is 0 Å². The van der Waals surface area contributed by atoms with Crippen molar-refractivity contribution in [3.63, 3.8) is 0 Å². The summed E-state index contributed by atoms with van der Waals surface area (Å²) >= 11 is 0. The standard InChI is InChI=1S/C22H40O11P2/c1-19(2)21(23)29-15-11-7-5-9-13-17-31-34(25,26)33-35(27,28)32-18-14-10-6-8-12-16-30-22(24)20(3)4/h1,3,5-18H2,2,4H3,(H,25,26)(H,27,28). The number of carbonyl (C=O) groups is 2. The molecule has 13 heteroatoms. The van der Waals surface area contributed by atoms with E-state index in [1.807, 2.05) is 0 Å². The Hall–Kier alpha value is -1.32. The second kappa shape index (κ2) is 18.9. The number of unbranched alkanes of at least 4 members (excludes halogenated alkanes) is 8. The van der Waals surface area contributed by atoms with Gasteiger partial charge in [-0.2, -0.15) is 4.31 Å². The summed E-state index contributed by atoms with van der Waals surface area (Å²) in [6, 6.07) is 0. The van der Waals surface area contributed by atoms with Crippen LogP contribution in [0, 0.1) is 0 Å². The number of rotatable bonds is 22. The zero-order chi connectivity index (χ0) is 26.7. The first-order valence-corrected chi connectivity index (χ1v) is 14.7. The summed E-state index contributed by atoms with van der Waals surface area (Å²) < 4.78 is 47.4. The van der Waals surface area contributed by atoms with E-state index in [2.05, 4.69) is 17.5 Å². The van der Waals surface area contributed by atoms with E-state index < -0.39 is 27.6 Å². The highest BCUT2D eigenvalue weighted by Crippen LogP contribution is 2.60. The molecular weight excluding hydrogens is 502 g/mol. The molecule has 0 heterocycles. The molecule has 2 unspecified atom stereocenters. The van der Waals surface area contributed by atoms with E-state index in [9.17, 15) is 28.5 Å². The molecule has 0 fully saturated rings. The Morgan fingerprint density at radius 2 is 0.886 bits per heavy atom. The van der Waals surface area contributed by atoms with Gasteiger partial charge in [0.25, 0.3) is 0 Å². The molecule has 35 heavy (non-hydrogen) atoms. The van der Waals surface area contributed by atoms with E-state index in [0.29, 0.717) is 62.9 Å². The average Bonchev–Trinajstić information content (AvgIpc) is 2.75. The monoisotopic (exact) mass is 542 g/mol. The lowest BCUT2D eigenvalue weighted by Crippen LogP contribution is -2.06. The smallest absolute Gasteiger partial charge is 0.462 e. The van der Waals surface area contributed by atoms with Crippen LogP contribution in [-0.2, 0) is 41.6 Å². The summed E-state index contributed by atoms with van der Waals surface area (Å²) in [5.41, 5.74) is 0.700. The van der Waals surface area contributed by atoms with Crippen LogP contribution in [-0.4, -0.2) is 48.2 Å². The van der Waals surface area contributed by atoms with Gasteiger partial charge in [0.2, 0.25) is 0 Å². The van der Waals surface area contributed by atoms with Gasteiger partial charge in [0.15, 0.2) is 0 Å². The van der Waals surface area contributed by atoms with Crippen molar-refractivity contribution < 1.29 is 51.3 Å². The Kier molecular flexibility index (Phi) is 18.2. The fourth-order valence-electron chi connectivity index (χ4n) is 2.58. The minimum absolute atomic E-state index is 0.125. The number of phosphoric acid groups is 2. The van der Waals surface area contributed by atoms with E-state index >= 15 is 0 Å².